The van der Waals surface area contributed by atoms with Crippen LogP contribution in [-0.2, 0) is 0 Å². The first kappa shape index (κ1) is 19.5. The van der Waals surface area contributed by atoms with Crippen LogP contribution in [-0.4, -0.2) is 64.7 Å². The number of hydrogen-bond donors (Lipinski definition) is 2. The van der Waals surface area contributed by atoms with E-state index >= 15 is 0 Å². The van der Waals surface area contributed by atoms with Gasteiger partial charge in [0.05, 0.1) is 23.7 Å². The first-order chi connectivity index (χ1) is 14.6. The fourth-order valence-electron chi connectivity index (χ4n) is 4.08. The van der Waals surface area contributed by atoms with Gasteiger partial charge in [-0.15, -0.1) is 0 Å². The molecule has 30 heavy (non-hydrogen) atoms. The van der Waals surface area contributed by atoms with Crippen molar-refractivity contribution in [3.05, 3.63) is 47.7 Å². The van der Waals surface area contributed by atoms with E-state index < -0.39 is 0 Å². The van der Waals surface area contributed by atoms with Gasteiger partial charge >= 0.3 is 0 Å². The number of guanidine groups is 1. The molecule has 0 bridgehead atoms. The largest absolute Gasteiger partial charge is 0.346 e. The predicted octanol–water partition coefficient (Wildman–Crippen LogP) is 2.25. The Morgan fingerprint density at radius 3 is 2.93 bits per heavy atom. The molecule has 1 unspecified atom stereocenters. The maximum atomic E-state index is 9.25. The van der Waals surface area contributed by atoms with Crippen LogP contribution in [0.25, 0.3) is 0 Å². The Morgan fingerprint density at radius 2 is 2.17 bits per heavy atom. The predicted molar refractivity (Wildman–Crippen MR) is 114 cm³/mol. The quantitative estimate of drug-likeness (QED) is 0.346. The molecule has 4 rings (SSSR count). The first-order valence-corrected chi connectivity index (χ1v) is 9.78. The summed E-state index contributed by atoms with van der Waals surface area (Å²) in [4.78, 5) is 18.9. The van der Waals surface area contributed by atoms with Crippen molar-refractivity contribution in [2.24, 2.45) is 9.98 Å². The molecular weight excluding hydrogens is 378 g/mol. The van der Waals surface area contributed by atoms with E-state index in [0.717, 1.165) is 24.5 Å². The zero-order valence-corrected chi connectivity index (χ0v) is 16.9. The Morgan fingerprint density at radius 1 is 1.30 bits per heavy atom. The highest BCUT2D eigenvalue weighted by Gasteiger charge is 2.34. The molecule has 2 aliphatic rings. The van der Waals surface area contributed by atoms with Crippen molar-refractivity contribution in [1.29, 1.82) is 10.5 Å². The number of nitrogens with one attached hydrogen (secondary N) is 2. The number of nitriles is 2. The van der Waals surface area contributed by atoms with Gasteiger partial charge in [0, 0.05) is 44.5 Å². The molecule has 3 heterocycles. The Balaban J connectivity index is 1.54. The summed E-state index contributed by atoms with van der Waals surface area (Å²) in [6.45, 7) is 4.45. The second-order valence-electron chi connectivity index (χ2n) is 7.44. The summed E-state index contributed by atoms with van der Waals surface area (Å²) in [6, 6.07) is 11.4. The molecule has 1 aromatic carbocycles. The van der Waals surface area contributed by atoms with Crippen LogP contribution in [0.2, 0.25) is 0 Å². The molecule has 1 saturated heterocycles. The number of hydrogen-bond acceptors (Lipinski definition) is 6. The number of aromatic amines is 1. The standard InChI is InChI=1S/C21H23N9/c1-15-12-29(20-18-6-7-24-19(18)26-14-28(20)2)8-9-30(15)21(25-13-23)27-17-5-3-4-16(10-17)11-22/h3-7,10,14-15,20,24H,8-9,12H2,1-2H3,(H,25,27)/t15-,20?/m0/s1. The van der Waals surface area contributed by atoms with Crippen LogP contribution in [0.3, 0.4) is 0 Å². The van der Waals surface area contributed by atoms with Gasteiger partial charge in [-0.3, -0.25) is 10.2 Å². The number of benzene rings is 1. The van der Waals surface area contributed by atoms with Gasteiger partial charge in [-0.25, -0.2) is 9.98 Å². The smallest absolute Gasteiger partial charge is 0.212 e. The molecule has 0 spiro atoms. The van der Waals surface area contributed by atoms with Gasteiger partial charge in [0.2, 0.25) is 5.96 Å². The number of H-pyrrole nitrogens is 1. The first-order valence-electron chi connectivity index (χ1n) is 9.78. The highest BCUT2D eigenvalue weighted by Crippen LogP contribution is 2.34. The van der Waals surface area contributed by atoms with Crippen LogP contribution < -0.4 is 5.32 Å². The highest BCUT2D eigenvalue weighted by atomic mass is 15.4. The van der Waals surface area contributed by atoms with Gasteiger partial charge in [0.25, 0.3) is 0 Å². The van der Waals surface area contributed by atoms with Crippen LogP contribution in [0.5, 0.6) is 0 Å². The summed E-state index contributed by atoms with van der Waals surface area (Å²) in [6.07, 6.45) is 5.89. The van der Waals surface area contributed by atoms with Crippen molar-refractivity contribution >= 4 is 23.8 Å². The van der Waals surface area contributed by atoms with Crippen molar-refractivity contribution in [2.75, 3.05) is 26.7 Å². The van der Waals surface area contributed by atoms with Crippen LogP contribution >= 0.6 is 0 Å². The van der Waals surface area contributed by atoms with E-state index in [1.807, 2.05) is 31.8 Å². The fourth-order valence-corrected chi connectivity index (χ4v) is 4.08. The summed E-state index contributed by atoms with van der Waals surface area (Å²) in [5.74, 6) is 1.40. The molecule has 1 aromatic heterocycles. The van der Waals surface area contributed by atoms with Crippen LogP contribution in [0.1, 0.15) is 24.2 Å². The molecule has 1 fully saturated rings. The number of rotatable bonds is 2. The minimum absolute atomic E-state index is 0.116. The van der Waals surface area contributed by atoms with Crippen molar-refractivity contribution in [1.82, 2.24) is 25.0 Å². The van der Waals surface area contributed by atoms with Crippen LogP contribution in [0.15, 0.2) is 46.5 Å². The molecule has 9 heteroatoms. The molecule has 0 radical (unpaired) electrons. The van der Waals surface area contributed by atoms with Gasteiger partial charge in [0.15, 0.2) is 6.19 Å². The Hall–Kier alpha value is -3.82. The molecule has 0 saturated carbocycles. The SMILES string of the molecule is C[C@H]1CN(C2c3cc[nH]c3N=CN2C)CCN1C(=Nc1cccc(C#N)c1)NC#N. The third-order valence-corrected chi connectivity index (χ3v) is 5.44. The lowest BCUT2D eigenvalue weighted by Gasteiger charge is -2.46. The van der Waals surface area contributed by atoms with Gasteiger partial charge in [-0.1, -0.05) is 6.07 Å². The minimum atomic E-state index is 0.116. The second-order valence-corrected chi connectivity index (χ2v) is 7.44. The molecule has 0 aliphatic carbocycles. The zero-order valence-electron chi connectivity index (χ0n) is 16.9. The maximum Gasteiger partial charge on any atom is 0.212 e. The van der Waals surface area contributed by atoms with Crippen molar-refractivity contribution in [2.45, 2.75) is 19.1 Å². The lowest BCUT2D eigenvalue weighted by Crippen LogP contribution is -2.58. The third kappa shape index (κ3) is 3.71. The van der Waals surface area contributed by atoms with Crippen LogP contribution in [0, 0.1) is 22.8 Å². The summed E-state index contributed by atoms with van der Waals surface area (Å²) in [5, 5.41) is 21.1. The van der Waals surface area contributed by atoms with E-state index in [-0.39, 0.29) is 12.2 Å². The molecule has 2 aromatic rings. The van der Waals surface area contributed by atoms with E-state index in [9.17, 15) is 5.26 Å². The monoisotopic (exact) mass is 401 g/mol. The zero-order chi connectivity index (χ0) is 21.1. The topological polar surface area (TPSA) is 110 Å². The molecule has 9 nitrogen and oxygen atoms in total. The Bertz CT molecular complexity index is 1050. The summed E-state index contributed by atoms with van der Waals surface area (Å²) < 4.78 is 0. The molecule has 2 aliphatic heterocycles. The summed E-state index contributed by atoms with van der Waals surface area (Å²) >= 11 is 0. The number of aliphatic imine (C=N–C) groups is 2. The molecule has 2 atom stereocenters. The summed E-state index contributed by atoms with van der Waals surface area (Å²) in [5.41, 5.74) is 2.34. The fraction of sp³-hybridized carbons (Fsp3) is 0.333. The summed E-state index contributed by atoms with van der Waals surface area (Å²) in [7, 11) is 2.04. The number of aromatic nitrogens is 1. The number of piperazine rings is 1. The van der Waals surface area contributed by atoms with E-state index in [4.69, 9.17) is 5.26 Å². The number of fused-ring (bicyclic) bond motifs is 1. The van der Waals surface area contributed by atoms with Crippen LogP contribution in [0.4, 0.5) is 11.5 Å². The molecular formula is C21H23N9. The van der Waals surface area contributed by atoms with Gasteiger partial charge in [-0.05, 0) is 31.2 Å². The normalized spacial score (nSPS) is 21.7. The highest BCUT2D eigenvalue weighted by molar-refractivity contribution is 5.84. The third-order valence-electron chi connectivity index (χ3n) is 5.44. The van der Waals surface area contributed by atoms with E-state index in [0.29, 0.717) is 23.8 Å². The second kappa shape index (κ2) is 8.27. The lowest BCUT2D eigenvalue weighted by molar-refractivity contribution is 0.0448. The molecule has 2 N–H and O–H groups in total. The van der Waals surface area contributed by atoms with Gasteiger partial charge in [0.1, 0.15) is 12.0 Å². The molecule has 152 valence electrons. The van der Waals surface area contributed by atoms with E-state index in [2.05, 4.69) is 54.0 Å². The van der Waals surface area contributed by atoms with Crippen molar-refractivity contribution < 1.29 is 0 Å². The average Bonchev–Trinajstić information content (AvgIpc) is 3.22. The maximum absolute atomic E-state index is 9.25. The van der Waals surface area contributed by atoms with Crippen molar-refractivity contribution in [3.63, 3.8) is 0 Å². The van der Waals surface area contributed by atoms with Gasteiger partial charge < -0.3 is 14.8 Å². The van der Waals surface area contributed by atoms with E-state index in [1.54, 1.807) is 18.2 Å². The van der Waals surface area contributed by atoms with E-state index in [1.165, 1.54) is 0 Å². The van der Waals surface area contributed by atoms with Gasteiger partial charge in [-0.2, -0.15) is 10.5 Å². The van der Waals surface area contributed by atoms with Crippen molar-refractivity contribution in [3.8, 4) is 12.3 Å². The average molecular weight is 401 g/mol. The number of nitrogens with zero attached hydrogens (tertiary/aromatic N) is 7. The molecule has 0 amide bonds. The Labute approximate surface area is 175 Å². The minimum Gasteiger partial charge on any atom is -0.346 e. The lowest BCUT2D eigenvalue weighted by atomic mass is 10.1. The Kier molecular flexibility index (Phi) is 5.38.